The fourth-order valence-electron chi connectivity index (χ4n) is 4.80. The Morgan fingerprint density at radius 2 is 1.88 bits per heavy atom. The third kappa shape index (κ3) is 3.83. The minimum absolute atomic E-state index is 0.0362. The largest absolute Gasteiger partial charge is 0.464 e. The number of ether oxygens (including phenoxy) is 1. The number of halogens is 2. The standard InChI is InChI=1S/C25H30ClFN4O2/c1-5-14-31-24(32)29(7-3)23(25(31,6-2)28-4)33-22-16-30(19-11-9-18(27)10-12-19)21-15-17(26)8-13-20(21)22/h8-13,15-16,23,28H,5-7,14H2,1-4H3. The first-order chi connectivity index (χ1) is 15.9. The number of fused-ring (bicyclic) bond motifs is 1. The molecule has 6 nitrogen and oxygen atoms in total. The molecule has 1 aromatic heterocycles. The van der Waals surface area contributed by atoms with Crippen molar-refractivity contribution in [3.05, 3.63) is 59.5 Å². The van der Waals surface area contributed by atoms with Gasteiger partial charge in [-0.2, -0.15) is 0 Å². The van der Waals surface area contributed by atoms with Crippen LogP contribution < -0.4 is 10.1 Å². The van der Waals surface area contributed by atoms with Crippen LogP contribution in [0.4, 0.5) is 9.18 Å². The van der Waals surface area contributed by atoms with Crippen LogP contribution in [0.25, 0.3) is 16.6 Å². The van der Waals surface area contributed by atoms with Gasteiger partial charge in [0.15, 0.2) is 5.66 Å². The van der Waals surface area contributed by atoms with Crippen molar-refractivity contribution in [2.75, 3.05) is 20.1 Å². The number of carbonyl (C=O) groups is 1. The van der Waals surface area contributed by atoms with Gasteiger partial charge in [0, 0.05) is 29.2 Å². The molecular formula is C25H30ClFN4O2. The van der Waals surface area contributed by atoms with Crippen LogP contribution in [0.1, 0.15) is 33.6 Å². The molecule has 3 aromatic rings. The van der Waals surface area contributed by atoms with Crippen molar-refractivity contribution >= 4 is 28.5 Å². The number of amides is 2. The second-order valence-electron chi connectivity index (χ2n) is 8.22. The Labute approximate surface area is 198 Å². The molecule has 0 spiro atoms. The predicted molar refractivity (Wildman–Crippen MR) is 130 cm³/mol. The molecule has 0 bridgehead atoms. The summed E-state index contributed by atoms with van der Waals surface area (Å²) in [6, 6.07) is 11.8. The molecule has 1 aliphatic rings. The number of nitrogens with one attached hydrogen (secondary N) is 1. The maximum Gasteiger partial charge on any atom is 0.324 e. The molecule has 4 rings (SSSR count). The van der Waals surface area contributed by atoms with E-state index < -0.39 is 11.9 Å². The number of aromatic nitrogens is 1. The Kier molecular flexibility index (Phi) is 6.54. The lowest BCUT2D eigenvalue weighted by molar-refractivity contribution is -0.0197. The summed E-state index contributed by atoms with van der Waals surface area (Å²) in [5.41, 5.74) is 0.963. The highest BCUT2D eigenvalue weighted by atomic mass is 35.5. The Hall–Kier alpha value is -2.77. The molecule has 1 fully saturated rings. The molecule has 0 aliphatic carbocycles. The molecule has 0 saturated carbocycles. The lowest BCUT2D eigenvalue weighted by Crippen LogP contribution is -2.62. The molecule has 1 N–H and O–H groups in total. The lowest BCUT2D eigenvalue weighted by Gasteiger charge is -2.40. The number of urea groups is 1. The van der Waals surface area contributed by atoms with E-state index >= 15 is 0 Å². The number of carbonyl (C=O) groups excluding carboxylic acids is 1. The van der Waals surface area contributed by atoms with Crippen LogP contribution in [-0.2, 0) is 0 Å². The first-order valence-corrected chi connectivity index (χ1v) is 11.8. The van der Waals surface area contributed by atoms with E-state index in [1.807, 2.05) is 47.8 Å². The van der Waals surface area contributed by atoms with Crippen molar-refractivity contribution in [1.29, 1.82) is 0 Å². The van der Waals surface area contributed by atoms with Gasteiger partial charge in [-0.05, 0) is 69.3 Å². The average molecular weight is 473 g/mol. The monoisotopic (exact) mass is 472 g/mol. The zero-order valence-corrected chi connectivity index (χ0v) is 20.2. The van der Waals surface area contributed by atoms with Gasteiger partial charge in [0.2, 0.25) is 6.23 Å². The van der Waals surface area contributed by atoms with Crippen molar-refractivity contribution in [2.24, 2.45) is 0 Å². The van der Waals surface area contributed by atoms with E-state index in [0.29, 0.717) is 30.3 Å². The van der Waals surface area contributed by atoms with Gasteiger partial charge in [-0.15, -0.1) is 0 Å². The van der Waals surface area contributed by atoms with Crippen LogP contribution >= 0.6 is 11.6 Å². The van der Waals surface area contributed by atoms with Gasteiger partial charge in [0.25, 0.3) is 0 Å². The van der Waals surface area contributed by atoms with Crippen molar-refractivity contribution in [3.63, 3.8) is 0 Å². The normalized spacial score (nSPS) is 20.8. The highest BCUT2D eigenvalue weighted by Gasteiger charge is 2.56. The molecule has 2 amide bonds. The van der Waals surface area contributed by atoms with Gasteiger partial charge < -0.3 is 14.2 Å². The van der Waals surface area contributed by atoms with Crippen LogP contribution in [0.3, 0.4) is 0 Å². The minimum Gasteiger partial charge on any atom is -0.464 e. The summed E-state index contributed by atoms with van der Waals surface area (Å²) >= 11 is 6.31. The molecule has 2 aromatic carbocycles. The number of rotatable bonds is 8. The SMILES string of the molecule is CCCN1C(=O)N(CC)C(Oc2cn(-c3ccc(F)cc3)c3cc(Cl)ccc23)C1(CC)NC. The summed E-state index contributed by atoms with van der Waals surface area (Å²) in [5.74, 6) is 0.333. The molecule has 1 aliphatic heterocycles. The molecule has 176 valence electrons. The smallest absolute Gasteiger partial charge is 0.324 e. The maximum atomic E-state index is 13.5. The first-order valence-electron chi connectivity index (χ1n) is 11.4. The van der Waals surface area contributed by atoms with Crippen LogP contribution in [-0.4, -0.2) is 52.4 Å². The van der Waals surface area contributed by atoms with Crippen LogP contribution in [0.2, 0.25) is 5.02 Å². The Bertz CT molecular complexity index is 1140. The van der Waals surface area contributed by atoms with E-state index in [0.717, 1.165) is 23.0 Å². The third-order valence-electron chi connectivity index (χ3n) is 6.48. The topological polar surface area (TPSA) is 49.7 Å². The molecule has 8 heteroatoms. The number of benzene rings is 2. The first kappa shape index (κ1) is 23.4. The quantitative estimate of drug-likeness (QED) is 0.463. The molecular weight excluding hydrogens is 443 g/mol. The highest BCUT2D eigenvalue weighted by molar-refractivity contribution is 6.31. The van der Waals surface area contributed by atoms with Crippen molar-refractivity contribution in [1.82, 2.24) is 19.7 Å². The van der Waals surface area contributed by atoms with E-state index in [2.05, 4.69) is 19.2 Å². The zero-order chi connectivity index (χ0) is 23.8. The van der Waals surface area contributed by atoms with Crippen LogP contribution in [0.15, 0.2) is 48.7 Å². The number of hydrogen-bond donors (Lipinski definition) is 1. The Balaban J connectivity index is 1.83. The third-order valence-corrected chi connectivity index (χ3v) is 6.72. The van der Waals surface area contributed by atoms with Crippen LogP contribution in [0, 0.1) is 5.82 Å². The Morgan fingerprint density at radius 3 is 2.48 bits per heavy atom. The molecule has 2 unspecified atom stereocenters. The number of likely N-dealkylation sites (N-methyl/N-ethyl adjacent to an activating group) is 2. The van der Waals surface area contributed by atoms with E-state index in [1.54, 1.807) is 17.0 Å². The van der Waals surface area contributed by atoms with Gasteiger partial charge in [0.1, 0.15) is 11.6 Å². The van der Waals surface area contributed by atoms with Gasteiger partial charge in [-0.3, -0.25) is 10.2 Å². The molecule has 2 atom stereocenters. The fourth-order valence-corrected chi connectivity index (χ4v) is 4.96. The lowest BCUT2D eigenvalue weighted by atomic mass is 10.0. The van der Waals surface area contributed by atoms with Gasteiger partial charge in [0.05, 0.1) is 11.7 Å². The van der Waals surface area contributed by atoms with E-state index in [1.165, 1.54) is 12.1 Å². The van der Waals surface area contributed by atoms with E-state index in [4.69, 9.17) is 16.3 Å². The molecule has 33 heavy (non-hydrogen) atoms. The summed E-state index contributed by atoms with van der Waals surface area (Å²) in [4.78, 5) is 17.0. The van der Waals surface area contributed by atoms with E-state index in [9.17, 15) is 9.18 Å². The zero-order valence-electron chi connectivity index (χ0n) is 19.4. The number of hydrogen-bond acceptors (Lipinski definition) is 3. The molecule has 0 radical (unpaired) electrons. The van der Waals surface area contributed by atoms with Crippen molar-refractivity contribution < 1.29 is 13.9 Å². The summed E-state index contributed by atoms with van der Waals surface area (Å²) in [6.07, 6.45) is 2.88. The summed E-state index contributed by atoms with van der Waals surface area (Å²) in [5, 5.41) is 4.85. The fraction of sp³-hybridized carbons (Fsp3) is 0.400. The van der Waals surface area contributed by atoms with Crippen molar-refractivity contribution in [3.8, 4) is 11.4 Å². The van der Waals surface area contributed by atoms with Gasteiger partial charge in [-0.1, -0.05) is 25.4 Å². The van der Waals surface area contributed by atoms with Gasteiger partial charge in [-0.25, -0.2) is 9.18 Å². The predicted octanol–water partition coefficient (Wildman–Crippen LogP) is 5.62. The second-order valence-corrected chi connectivity index (χ2v) is 8.66. The second kappa shape index (κ2) is 9.23. The number of nitrogens with zero attached hydrogens (tertiary/aromatic N) is 3. The minimum atomic E-state index is -0.667. The summed E-state index contributed by atoms with van der Waals surface area (Å²) in [6.45, 7) is 7.24. The highest BCUT2D eigenvalue weighted by Crippen LogP contribution is 2.39. The summed E-state index contributed by atoms with van der Waals surface area (Å²) in [7, 11) is 1.87. The summed E-state index contributed by atoms with van der Waals surface area (Å²) < 4.78 is 22.1. The van der Waals surface area contributed by atoms with E-state index in [-0.39, 0.29) is 11.8 Å². The Morgan fingerprint density at radius 1 is 1.15 bits per heavy atom. The van der Waals surface area contributed by atoms with Crippen LogP contribution in [0.5, 0.6) is 5.75 Å². The molecule has 2 heterocycles. The molecule has 1 saturated heterocycles. The average Bonchev–Trinajstić information content (AvgIpc) is 3.27. The maximum absolute atomic E-state index is 13.5. The van der Waals surface area contributed by atoms with Gasteiger partial charge >= 0.3 is 6.03 Å². The van der Waals surface area contributed by atoms with Crippen molar-refractivity contribution in [2.45, 2.75) is 45.5 Å².